The first kappa shape index (κ1) is 14.5. The third-order valence-electron chi connectivity index (χ3n) is 4.36. The molecule has 1 spiro atoms. The number of rotatable bonds is 1. The van der Waals surface area contributed by atoms with Gasteiger partial charge in [-0.05, 0) is 18.2 Å². The van der Waals surface area contributed by atoms with Gasteiger partial charge in [-0.25, -0.2) is 14.0 Å². The van der Waals surface area contributed by atoms with E-state index in [9.17, 15) is 14.0 Å². The largest absolute Gasteiger partial charge is 0.464 e. The number of carbonyl (C=O) groups is 1. The SMILES string of the molecule is COC(=O)C1=CC(=C=O)c2cc(F)cc3c2N1CCC31OC=CO1. The van der Waals surface area contributed by atoms with Gasteiger partial charge in [0.25, 0.3) is 5.79 Å². The van der Waals surface area contributed by atoms with E-state index in [0.29, 0.717) is 29.8 Å². The molecular weight excluding hydrogens is 317 g/mol. The highest BCUT2D eigenvalue weighted by Crippen LogP contribution is 2.50. The smallest absolute Gasteiger partial charge is 0.354 e. The van der Waals surface area contributed by atoms with Gasteiger partial charge in [-0.3, -0.25) is 0 Å². The number of anilines is 1. The molecule has 0 radical (unpaired) electrons. The normalized spacial score (nSPS) is 19.2. The first-order valence-corrected chi connectivity index (χ1v) is 7.27. The highest BCUT2D eigenvalue weighted by atomic mass is 19.1. The van der Waals surface area contributed by atoms with Crippen LogP contribution in [0.25, 0.3) is 5.57 Å². The van der Waals surface area contributed by atoms with Crippen LogP contribution in [0, 0.1) is 5.82 Å². The van der Waals surface area contributed by atoms with Crippen LogP contribution < -0.4 is 4.90 Å². The molecule has 0 N–H and O–H groups in total. The molecule has 1 aromatic rings. The van der Waals surface area contributed by atoms with Crippen LogP contribution in [-0.4, -0.2) is 25.6 Å². The minimum absolute atomic E-state index is 0.0745. The third kappa shape index (κ3) is 1.82. The molecule has 3 heterocycles. The summed E-state index contributed by atoms with van der Waals surface area (Å²) in [6.45, 7) is 0.375. The molecule has 0 saturated carbocycles. The number of allylic oxidation sites excluding steroid dienone is 2. The number of ether oxygens (including phenoxy) is 3. The van der Waals surface area contributed by atoms with Crippen LogP contribution in [0.4, 0.5) is 10.1 Å². The number of halogens is 1. The number of fused-ring (bicyclic) bond motifs is 1. The van der Waals surface area contributed by atoms with E-state index in [-0.39, 0.29) is 11.3 Å². The van der Waals surface area contributed by atoms with E-state index in [0.717, 1.165) is 0 Å². The van der Waals surface area contributed by atoms with Crippen molar-refractivity contribution in [1.29, 1.82) is 0 Å². The van der Waals surface area contributed by atoms with Crippen LogP contribution >= 0.6 is 0 Å². The van der Waals surface area contributed by atoms with Crippen LogP contribution in [0.1, 0.15) is 17.5 Å². The molecular formula is C17H12FNO5. The summed E-state index contributed by atoms with van der Waals surface area (Å²) in [5.41, 5.74) is 1.51. The minimum Gasteiger partial charge on any atom is -0.464 e. The van der Waals surface area contributed by atoms with Crippen molar-refractivity contribution in [1.82, 2.24) is 0 Å². The molecule has 0 saturated heterocycles. The minimum atomic E-state index is -1.16. The van der Waals surface area contributed by atoms with Gasteiger partial charge < -0.3 is 19.1 Å². The van der Waals surface area contributed by atoms with Crippen LogP contribution in [0.3, 0.4) is 0 Å². The molecule has 0 atom stereocenters. The summed E-state index contributed by atoms with van der Waals surface area (Å²) in [5, 5.41) is 0. The lowest BCUT2D eigenvalue weighted by atomic mass is 9.86. The molecule has 7 heteroatoms. The molecule has 0 aromatic heterocycles. The Morgan fingerprint density at radius 2 is 2.12 bits per heavy atom. The van der Waals surface area contributed by atoms with Gasteiger partial charge in [-0.1, -0.05) is 0 Å². The van der Waals surface area contributed by atoms with Crippen molar-refractivity contribution in [2.45, 2.75) is 12.2 Å². The second-order valence-corrected chi connectivity index (χ2v) is 5.55. The number of methoxy groups -OCH3 is 1. The average Bonchev–Trinajstić information content (AvgIpc) is 3.06. The highest BCUT2D eigenvalue weighted by molar-refractivity contribution is 6.07. The maximum Gasteiger partial charge on any atom is 0.354 e. The van der Waals surface area contributed by atoms with Crippen molar-refractivity contribution in [3.05, 3.63) is 53.4 Å². The van der Waals surface area contributed by atoms with E-state index in [1.807, 2.05) is 0 Å². The van der Waals surface area contributed by atoms with Crippen molar-refractivity contribution in [3.8, 4) is 0 Å². The molecule has 0 bridgehead atoms. The van der Waals surface area contributed by atoms with Crippen LogP contribution in [0.15, 0.2) is 36.4 Å². The number of esters is 1. The predicted octanol–water partition coefficient (Wildman–Crippen LogP) is 1.99. The van der Waals surface area contributed by atoms with Crippen LogP contribution in [-0.2, 0) is 29.6 Å². The fourth-order valence-electron chi connectivity index (χ4n) is 3.33. The van der Waals surface area contributed by atoms with E-state index in [2.05, 4.69) is 0 Å². The van der Waals surface area contributed by atoms with E-state index >= 15 is 0 Å². The Morgan fingerprint density at radius 3 is 2.79 bits per heavy atom. The number of nitrogens with zero attached hydrogens (tertiary/aromatic N) is 1. The number of hydrogen-bond acceptors (Lipinski definition) is 6. The zero-order chi connectivity index (χ0) is 16.9. The molecule has 122 valence electrons. The monoisotopic (exact) mass is 329 g/mol. The topological polar surface area (TPSA) is 65.1 Å². The van der Waals surface area contributed by atoms with Crippen molar-refractivity contribution >= 4 is 23.2 Å². The van der Waals surface area contributed by atoms with Gasteiger partial charge in [0, 0.05) is 18.5 Å². The summed E-state index contributed by atoms with van der Waals surface area (Å²) in [5.74, 6) is -0.521. The first-order valence-electron chi connectivity index (χ1n) is 7.27. The average molecular weight is 329 g/mol. The van der Waals surface area contributed by atoms with Gasteiger partial charge in [0.05, 0.1) is 23.9 Å². The summed E-state index contributed by atoms with van der Waals surface area (Å²) in [7, 11) is 1.26. The Morgan fingerprint density at radius 1 is 1.38 bits per heavy atom. The van der Waals surface area contributed by atoms with Gasteiger partial charge >= 0.3 is 5.97 Å². The van der Waals surface area contributed by atoms with Crippen molar-refractivity contribution in [2.24, 2.45) is 0 Å². The number of carbonyl (C=O) groups excluding carboxylic acids is 2. The summed E-state index contributed by atoms with van der Waals surface area (Å²) in [4.78, 5) is 25.1. The van der Waals surface area contributed by atoms with Crippen LogP contribution in [0.2, 0.25) is 0 Å². The zero-order valence-corrected chi connectivity index (χ0v) is 12.7. The summed E-state index contributed by atoms with van der Waals surface area (Å²) in [6, 6.07) is 2.53. The van der Waals surface area contributed by atoms with Gasteiger partial charge in [0.2, 0.25) is 0 Å². The van der Waals surface area contributed by atoms with Gasteiger partial charge in [0.1, 0.15) is 30.0 Å². The molecule has 3 aliphatic rings. The van der Waals surface area contributed by atoms with Crippen molar-refractivity contribution in [3.63, 3.8) is 0 Å². The molecule has 0 unspecified atom stereocenters. The summed E-state index contributed by atoms with van der Waals surface area (Å²) in [6.07, 6.45) is 4.51. The van der Waals surface area contributed by atoms with Gasteiger partial charge in [0.15, 0.2) is 0 Å². The van der Waals surface area contributed by atoms with Crippen molar-refractivity contribution in [2.75, 3.05) is 18.6 Å². The van der Waals surface area contributed by atoms with Gasteiger partial charge in [-0.15, -0.1) is 0 Å². The Hall–Kier alpha value is -3.05. The van der Waals surface area contributed by atoms with E-state index in [1.165, 1.54) is 37.8 Å². The molecule has 6 nitrogen and oxygen atoms in total. The molecule has 1 aromatic carbocycles. The maximum absolute atomic E-state index is 14.2. The van der Waals surface area contributed by atoms with E-state index < -0.39 is 17.6 Å². The fourth-order valence-corrected chi connectivity index (χ4v) is 3.33. The lowest BCUT2D eigenvalue weighted by Gasteiger charge is -2.42. The number of hydrogen-bond donors (Lipinski definition) is 0. The summed E-state index contributed by atoms with van der Waals surface area (Å²) < 4.78 is 30.1. The van der Waals surface area contributed by atoms with Crippen LogP contribution in [0.5, 0.6) is 0 Å². The maximum atomic E-state index is 14.2. The Labute approximate surface area is 136 Å². The Kier molecular flexibility index (Phi) is 3.01. The lowest BCUT2D eigenvalue weighted by Crippen LogP contribution is -2.44. The molecule has 4 rings (SSSR count). The van der Waals surface area contributed by atoms with Gasteiger partial charge in [-0.2, -0.15) is 0 Å². The standard InChI is InChI=1S/C17H12FNO5/c1-22-16(21)14-6-10(9-20)12-7-11(18)8-13-15(12)19(14)3-2-17(13)23-4-5-24-17/h4-8H,2-3H2,1H3. The van der Waals surface area contributed by atoms with E-state index in [4.69, 9.17) is 14.2 Å². The predicted molar refractivity (Wildman–Crippen MR) is 80.6 cm³/mol. The molecule has 3 aliphatic heterocycles. The third-order valence-corrected chi connectivity index (χ3v) is 4.36. The van der Waals surface area contributed by atoms with E-state index in [1.54, 1.807) is 10.8 Å². The lowest BCUT2D eigenvalue weighted by molar-refractivity contribution is -0.156. The quantitative estimate of drug-likeness (QED) is 0.580. The Bertz CT molecular complexity index is 858. The molecule has 0 aliphatic carbocycles. The highest BCUT2D eigenvalue weighted by Gasteiger charge is 2.48. The molecule has 0 fully saturated rings. The summed E-state index contributed by atoms with van der Waals surface area (Å²) >= 11 is 0. The second-order valence-electron chi connectivity index (χ2n) is 5.55. The van der Waals surface area contributed by atoms with Crippen molar-refractivity contribution < 1.29 is 28.2 Å². The second kappa shape index (κ2) is 4.97. The number of benzene rings is 1. The fraction of sp³-hybridized carbons (Fsp3) is 0.235. The molecule has 0 amide bonds. The Balaban J connectivity index is 1.99. The first-order chi connectivity index (χ1) is 11.6. The molecule has 24 heavy (non-hydrogen) atoms. The zero-order valence-electron chi connectivity index (χ0n) is 12.7.